The highest BCUT2D eigenvalue weighted by molar-refractivity contribution is 5.63. The first-order valence-electron chi connectivity index (χ1n) is 9.72. The number of hydrogen-bond donors (Lipinski definition) is 1. The van der Waals surface area contributed by atoms with Crippen LogP contribution in [-0.4, -0.2) is 46.6 Å². The number of nitriles is 1. The normalized spacial score (nSPS) is 32.1. The van der Waals surface area contributed by atoms with Crippen molar-refractivity contribution in [1.82, 2.24) is 14.9 Å². The van der Waals surface area contributed by atoms with Crippen LogP contribution in [0.15, 0.2) is 6.33 Å². The summed E-state index contributed by atoms with van der Waals surface area (Å²) < 4.78 is 0. The van der Waals surface area contributed by atoms with E-state index in [1.165, 1.54) is 51.4 Å². The van der Waals surface area contributed by atoms with Crippen LogP contribution in [0.25, 0.3) is 0 Å². The second-order valence-corrected chi connectivity index (χ2v) is 7.97. The standard InChI is InChI=1S/C19H28N6/c1-2-4-15-5-3-6-17-14-7-13(10-25(15)17)9-24(11-14)19-16(8-20)18(21)22-12-23-19/h12-15,17H,2-7,9-11H2,1H3,(H2,21,22,23)/t13-,14+,15-,17-/m0/s1. The lowest BCUT2D eigenvalue weighted by Gasteiger charge is -2.55. The van der Waals surface area contributed by atoms with Crippen molar-refractivity contribution >= 4 is 11.6 Å². The summed E-state index contributed by atoms with van der Waals surface area (Å²) in [5.74, 6) is 2.37. The molecule has 25 heavy (non-hydrogen) atoms. The van der Waals surface area contributed by atoms with E-state index in [0.29, 0.717) is 29.3 Å². The van der Waals surface area contributed by atoms with Gasteiger partial charge in [0.05, 0.1) is 0 Å². The zero-order chi connectivity index (χ0) is 17.4. The smallest absolute Gasteiger partial charge is 0.152 e. The fraction of sp³-hybridized carbons (Fsp3) is 0.737. The maximum atomic E-state index is 9.47. The second kappa shape index (κ2) is 6.80. The summed E-state index contributed by atoms with van der Waals surface area (Å²) in [5, 5.41) is 9.47. The summed E-state index contributed by atoms with van der Waals surface area (Å²) in [6.45, 7) is 5.47. The molecule has 0 saturated carbocycles. The lowest BCUT2D eigenvalue weighted by Crippen LogP contribution is -2.61. The highest BCUT2D eigenvalue weighted by atomic mass is 15.3. The van der Waals surface area contributed by atoms with Crippen molar-refractivity contribution in [3.63, 3.8) is 0 Å². The molecule has 4 heterocycles. The number of piperidine rings is 3. The van der Waals surface area contributed by atoms with E-state index in [1.807, 2.05) is 0 Å². The predicted molar refractivity (Wildman–Crippen MR) is 98.0 cm³/mol. The zero-order valence-corrected chi connectivity index (χ0v) is 15.1. The maximum absolute atomic E-state index is 9.47. The fourth-order valence-corrected chi connectivity index (χ4v) is 5.46. The van der Waals surface area contributed by atoms with Crippen molar-refractivity contribution in [2.45, 2.75) is 57.5 Å². The van der Waals surface area contributed by atoms with Crippen LogP contribution in [0.1, 0.15) is 51.0 Å². The molecule has 3 saturated heterocycles. The van der Waals surface area contributed by atoms with Crippen LogP contribution < -0.4 is 10.6 Å². The monoisotopic (exact) mass is 340 g/mol. The molecule has 0 aromatic carbocycles. The SMILES string of the molecule is CCC[C@H]1CCC[C@H]2[C@@H]3C[C@@H](CN(c4ncnc(N)c4C#N)C3)CN12. The van der Waals surface area contributed by atoms with E-state index in [-0.39, 0.29) is 0 Å². The van der Waals surface area contributed by atoms with Crippen molar-refractivity contribution < 1.29 is 0 Å². The Bertz CT molecular complexity index is 666. The maximum Gasteiger partial charge on any atom is 0.152 e. The van der Waals surface area contributed by atoms with Gasteiger partial charge in [0.15, 0.2) is 5.82 Å². The summed E-state index contributed by atoms with van der Waals surface area (Å²) >= 11 is 0. The first kappa shape index (κ1) is 16.6. The summed E-state index contributed by atoms with van der Waals surface area (Å²) in [6.07, 6.45) is 9.47. The Morgan fingerprint density at radius 3 is 2.96 bits per heavy atom. The van der Waals surface area contributed by atoms with Crippen LogP contribution >= 0.6 is 0 Å². The minimum atomic E-state index is 0.297. The minimum absolute atomic E-state index is 0.297. The van der Waals surface area contributed by atoms with Gasteiger partial charge in [-0.05, 0) is 37.5 Å². The molecule has 4 atom stereocenters. The molecule has 2 bridgehead atoms. The topological polar surface area (TPSA) is 82.1 Å². The van der Waals surface area contributed by atoms with E-state index in [4.69, 9.17) is 5.73 Å². The summed E-state index contributed by atoms with van der Waals surface area (Å²) in [5.41, 5.74) is 6.34. The van der Waals surface area contributed by atoms with Gasteiger partial charge in [-0.15, -0.1) is 0 Å². The second-order valence-electron chi connectivity index (χ2n) is 7.97. The third-order valence-corrected chi connectivity index (χ3v) is 6.40. The van der Waals surface area contributed by atoms with Crippen LogP contribution in [0.5, 0.6) is 0 Å². The van der Waals surface area contributed by atoms with Gasteiger partial charge in [0.25, 0.3) is 0 Å². The highest BCUT2D eigenvalue weighted by Crippen LogP contribution is 2.41. The number of fused-ring (bicyclic) bond motifs is 4. The highest BCUT2D eigenvalue weighted by Gasteiger charge is 2.44. The Kier molecular flexibility index (Phi) is 4.51. The molecule has 6 nitrogen and oxygen atoms in total. The average Bonchev–Trinajstić information content (AvgIpc) is 2.62. The number of anilines is 2. The van der Waals surface area contributed by atoms with Gasteiger partial charge in [0, 0.05) is 31.7 Å². The molecule has 0 aliphatic carbocycles. The van der Waals surface area contributed by atoms with Crippen LogP contribution in [0.2, 0.25) is 0 Å². The number of aromatic nitrogens is 2. The minimum Gasteiger partial charge on any atom is -0.382 e. The van der Waals surface area contributed by atoms with Crippen molar-refractivity contribution in [1.29, 1.82) is 5.26 Å². The van der Waals surface area contributed by atoms with E-state index >= 15 is 0 Å². The van der Waals surface area contributed by atoms with Gasteiger partial charge in [-0.25, -0.2) is 9.97 Å². The number of nitrogens with two attached hydrogens (primary N) is 1. The Hall–Kier alpha value is -1.87. The molecule has 3 fully saturated rings. The third-order valence-electron chi connectivity index (χ3n) is 6.40. The molecule has 6 heteroatoms. The van der Waals surface area contributed by atoms with Crippen molar-refractivity contribution in [3.05, 3.63) is 11.9 Å². The van der Waals surface area contributed by atoms with Gasteiger partial charge < -0.3 is 10.6 Å². The lowest BCUT2D eigenvalue weighted by atomic mass is 9.74. The van der Waals surface area contributed by atoms with Crippen molar-refractivity contribution in [2.75, 3.05) is 30.3 Å². The predicted octanol–water partition coefficient (Wildman–Crippen LogP) is 2.41. The molecule has 1 aromatic heterocycles. The van der Waals surface area contributed by atoms with E-state index in [1.54, 1.807) is 0 Å². The molecule has 3 aliphatic heterocycles. The Labute approximate surface area is 150 Å². The molecule has 0 radical (unpaired) electrons. The quantitative estimate of drug-likeness (QED) is 0.910. The number of nitrogens with zero attached hydrogens (tertiary/aromatic N) is 5. The molecule has 0 unspecified atom stereocenters. The summed E-state index contributed by atoms with van der Waals surface area (Å²) in [4.78, 5) is 13.5. The van der Waals surface area contributed by atoms with Gasteiger partial charge in [-0.3, -0.25) is 4.90 Å². The van der Waals surface area contributed by atoms with E-state index in [2.05, 4.69) is 32.8 Å². The van der Waals surface area contributed by atoms with E-state index in [0.717, 1.165) is 24.9 Å². The number of nitrogen functional groups attached to an aromatic ring is 1. The summed E-state index contributed by atoms with van der Waals surface area (Å²) in [6, 6.07) is 3.69. The molecular weight excluding hydrogens is 312 g/mol. The Morgan fingerprint density at radius 1 is 1.28 bits per heavy atom. The first-order chi connectivity index (χ1) is 12.2. The third kappa shape index (κ3) is 2.95. The van der Waals surface area contributed by atoms with Crippen LogP contribution in [0, 0.1) is 23.2 Å². The van der Waals surface area contributed by atoms with E-state index in [9.17, 15) is 5.26 Å². The number of hydrogen-bond acceptors (Lipinski definition) is 6. The van der Waals surface area contributed by atoms with E-state index < -0.39 is 0 Å². The molecule has 0 amide bonds. The molecule has 4 rings (SSSR count). The lowest BCUT2D eigenvalue weighted by molar-refractivity contribution is -0.0216. The van der Waals surface area contributed by atoms with Gasteiger partial charge in [-0.1, -0.05) is 19.8 Å². The van der Waals surface area contributed by atoms with Crippen LogP contribution in [-0.2, 0) is 0 Å². The van der Waals surface area contributed by atoms with Gasteiger partial charge >= 0.3 is 0 Å². The van der Waals surface area contributed by atoms with Crippen LogP contribution in [0.3, 0.4) is 0 Å². The molecule has 3 aliphatic rings. The Morgan fingerprint density at radius 2 is 2.16 bits per heavy atom. The number of rotatable bonds is 3. The molecular formula is C19H28N6. The first-order valence-corrected chi connectivity index (χ1v) is 9.72. The van der Waals surface area contributed by atoms with Gasteiger partial charge in [0.1, 0.15) is 23.8 Å². The summed E-state index contributed by atoms with van der Waals surface area (Å²) in [7, 11) is 0. The van der Waals surface area contributed by atoms with Crippen molar-refractivity contribution in [3.8, 4) is 6.07 Å². The van der Waals surface area contributed by atoms with Crippen LogP contribution in [0.4, 0.5) is 11.6 Å². The largest absolute Gasteiger partial charge is 0.382 e. The fourth-order valence-electron chi connectivity index (χ4n) is 5.46. The van der Waals surface area contributed by atoms with Gasteiger partial charge in [-0.2, -0.15) is 5.26 Å². The van der Waals surface area contributed by atoms with Crippen molar-refractivity contribution in [2.24, 2.45) is 11.8 Å². The molecule has 2 N–H and O–H groups in total. The zero-order valence-electron chi connectivity index (χ0n) is 15.1. The Balaban J connectivity index is 1.57. The van der Waals surface area contributed by atoms with Gasteiger partial charge in [0.2, 0.25) is 0 Å². The molecule has 134 valence electrons. The molecule has 0 spiro atoms. The molecule has 1 aromatic rings. The average molecular weight is 340 g/mol.